The number of nitrogens with one attached hydrogen (secondary N) is 1. The van der Waals surface area contributed by atoms with Crippen LogP contribution >= 0.6 is 11.6 Å². The minimum absolute atomic E-state index is 0.0708. The zero-order chi connectivity index (χ0) is 22.6. The standard InChI is InChI=1S/C23H27ClN4O3/c1-23(2,3)31-22(30)26-21(16-5-4-6-17(24)13-16)15-7-10-19(11-8-15)28-20(29)12-9-18(14-25)27-28/h4-6,9,12-13,15,19,21H,7-8,10-11H2,1-3H3,(H,26,30). The van der Waals surface area contributed by atoms with Gasteiger partial charge in [0, 0.05) is 11.1 Å². The van der Waals surface area contributed by atoms with Crippen LogP contribution in [0.15, 0.2) is 41.2 Å². The summed E-state index contributed by atoms with van der Waals surface area (Å²) in [5, 5.41) is 16.9. The zero-order valence-corrected chi connectivity index (χ0v) is 18.7. The van der Waals surface area contributed by atoms with Gasteiger partial charge in [-0.2, -0.15) is 10.4 Å². The third-order valence-electron chi connectivity index (χ3n) is 5.38. The fourth-order valence-electron chi connectivity index (χ4n) is 4.03. The van der Waals surface area contributed by atoms with Gasteiger partial charge in [0.25, 0.3) is 5.56 Å². The van der Waals surface area contributed by atoms with Crippen molar-refractivity contribution in [1.29, 1.82) is 5.26 Å². The Labute approximate surface area is 187 Å². The van der Waals surface area contributed by atoms with Crippen LogP contribution in [0.1, 0.15) is 69.8 Å². The number of alkyl carbamates (subject to hydrolysis) is 1. The van der Waals surface area contributed by atoms with E-state index < -0.39 is 11.7 Å². The van der Waals surface area contributed by atoms with Gasteiger partial charge in [-0.3, -0.25) is 4.79 Å². The first kappa shape index (κ1) is 22.8. The number of ether oxygens (including phenoxy) is 1. The van der Waals surface area contributed by atoms with Gasteiger partial charge in [-0.15, -0.1) is 0 Å². The van der Waals surface area contributed by atoms with Gasteiger partial charge in [-0.05, 0) is 76.1 Å². The second kappa shape index (κ2) is 9.52. The molecule has 1 heterocycles. The molecule has 164 valence electrons. The maximum atomic E-state index is 12.5. The molecule has 1 saturated carbocycles. The van der Waals surface area contributed by atoms with E-state index in [2.05, 4.69) is 10.4 Å². The molecular formula is C23H27ClN4O3. The second-order valence-corrected chi connectivity index (χ2v) is 9.30. The summed E-state index contributed by atoms with van der Waals surface area (Å²) >= 11 is 6.20. The van der Waals surface area contributed by atoms with E-state index in [0.29, 0.717) is 5.02 Å². The van der Waals surface area contributed by atoms with E-state index in [-0.39, 0.29) is 29.3 Å². The van der Waals surface area contributed by atoms with Gasteiger partial charge in [0.1, 0.15) is 11.7 Å². The molecule has 1 aromatic heterocycles. The molecule has 0 bridgehead atoms. The van der Waals surface area contributed by atoms with Crippen molar-refractivity contribution in [3.63, 3.8) is 0 Å². The van der Waals surface area contributed by atoms with Crippen molar-refractivity contribution < 1.29 is 9.53 Å². The molecule has 0 radical (unpaired) electrons. The summed E-state index contributed by atoms with van der Waals surface area (Å²) in [5.74, 6) is 0.150. The second-order valence-electron chi connectivity index (χ2n) is 8.86. The SMILES string of the molecule is CC(C)(C)OC(=O)NC(c1cccc(Cl)c1)C1CCC(n2nc(C#N)ccc2=O)CC1. The number of nitriles is 1. The van der Waals surface area contributed by atoms with Gasteiger partial charge in [0.2, 0.25) is 0 Å². The number of aromatic nitrogens is 2. The predicted molar refractivity (Wildman–Crippen MR) is 118 cm³/mol. The summed E-state index contributed by atoms with van der Waals surface area (Å²) in [6.45, 7) is 5.48. The van der Waals surface area contributed by atoms with E-state index in [1.165, 1.54) is 16.8 Å². The Morgan fingerprint density at radius 2 is 1.97 bits per heavy atom. The predicted octanol–water partition coefficient (Wildman–Crippen LogP) is 4.77. The highest BCUT2D eigenvalue weighted by Crippen LogP contribution is 2.39. The molecule has 1 atom stereocenters. The van der Waals surface area contributed by atoms with Gasteiger partial charge in [0.05, 0.1) is 12.1 Å². The van der Waals surface area contributed by atoms with Crippen LogP contribution in [0.2, 0.25) is 5.02 Å². The van der Waals surface area contributed by atoms with Crippen LogP contribution < -0.4 is 10.9 Å². The normalized spacial score (nSPS) is 19.8. The molecule has 0 spiro atoms. The number of benzene rings is 1. The van der Waals surface area contributed by atoms with Crippen molar-refractivity contribution in [3.05, 3.63) is 63.0 Å². The maximum Gasteiger partial charge on any atom is 0.408 e. The lowest BCUT2D eigenvalue weighted by Gasteiger charge is -2.35. The number of rotatable bonds is 4. The number of carbonyl (C=O) groups excluding carboxylic acids is 1. The summed E-state index contributed by atoms with van der Waals surface area (Å²) < 4.78 is 6.89. The number of amides is 1. The summed E-state index contributed by atoms with van der Waals surface area (Å²) in [6.07, 6.45) is 2.53. The molecule has 0 aliphatic heterocycles. The van der Waals surface area contributed by atoms with E-state index in [1.54, 1.807) is 6.07 Å². The molecule has 8 heteroatoms. The van der Waals surface area contributed by atoms with E-state index in [1.807, 2.05) is 45.0 Å². The van der Waals surface area contributed by atoms with E-state index in [0.717, 1.165) is 31.2 Å². The minimum Gasteiger partial charge on any atom is -0.444 e. The summed E-state index contributed by atoms with van der Waals surface area (Å²) in [7, 11) is 0. The first-order chi connectivity index (χ1) is 14.7. The average Bonchev–Trinajstić information content (AvgIpc) is 2.71. The van der Waals surface area contributed by atoms with E-state index >= 15 is 0 Å². The van der Waals surface area contributed by atoms with E-state index in [9.17, 15) is 9.59 Å². The first-order valence-corrected chi connectivity index (χ1v) is 10.8. The number of hydrogen-bond acceptors (Lipinski definition) is 5. The van der Waals surface area contributed by atoms with Crippen molar-refractivity contribution in [2.24, 2.45) is 5.92 Å². The average molecular weight is 443 g/mol. The Balaban J connectivity index is 1.78. The lowest BCUT2D eigenvalue weighted by molar-refractivity contribution is 0.0471. The van der Waals surface area contributed by atoms with Crippen molar-refractivity contribution in [3.8, 4) is 6.07 Å². The number of carbonyl (C=O) groups is 1. The zero-order valence-electron chi connectivity index (χ0n) is 18.0. The molecule has 7 nitrogen and oxygen atoms in total. The minimum atomic E-state index is -0.598. The van der Waals surface area contributed by atoms with Gasteiger partial charge in [0.15, 0.2) is 5.69 Å². The summed E-state index contributed by atoms with van der Waals surface area (Å²) in [5.41, 5.74) is 0.341. The Kier molecular flexibility index (Phi) is 7.01. The monoisotopic (exact) mass is 442 g/mol. The van der Waals surface area contributed by atoms with Crippen LogP contribution in [0.4, 0.5) is 4.79 Å². The number of halogens is 1. The van der Waals surface area contributed by atoms with Crippen LogP contribution in [0, 0.1) is 17.2 Å². The lowest BCUT2D eigenvalue weighted by atomic mass is 9.79. The summed E-state index contributed by atoms with van der Waals surface area (Å²) in [4.78, 5) is 24.8. The molecule has 1 N–H and O–H groups in total. The Hall–Kier alpha value is -2.85. The molecule has 31 heavy (non-hydrogen) atoms. The van der Waals surface area contributed by atoms with Crippen LogP contribution in [0.5, 0.6) is 0 Å². The number of hydrogen-bond donors (Lipinski definition) is 1. The maximum absolute atomic E-state index is 12.5. The Morgan fingerprint density at radius 1 is 1.26 bits per heavy atom. The fourth-order valence-corrected chi connectivity index (χ4v) is 4.23. The fraction of sp³-hybridized carbons (Fsp3) is 0.478. The van der Waals surface area contributed by atoms with Crippen molar-refractivity contribution in [2.45, 2.75) is 64.1 Å². The molecule has 2 aromatic rings. The van der Waals surface area contributed by atoms with Gasteiger partial charge in [-0.25, -0.2) is 9.48 Å². The molecule has 1 amide bonds. The molecule has 1 unspecified atom stereocenters. The van der Waals surface area contributed by atoms with Crippen molar-refractivity contribution in [1.82, 2.24) is 15.1 Å². The molecule has 1 aromatic carbocycles. The quantitative estimate of drug-likeness (QED) is 0.735. The van der Waals surface area contributed by atoms with E-state index in [4.69, 9.17) is 21.6 Å². The summed E-state index contributed by atoms with van der Waals surface area (Å²) in [6, 6.07) is 11.9. The highest BCUT2D eigenvalue weighted by molar-refractivity contribution is 6.30. The molecular weight excluding hydrogens is 416 g/mol. The van der Waals surface area contributed by atoms with Crippen molar-refractivity contribution >= 4 is 17.7 Å². The number of nitrogens with zero attached hydrogens (tertiary/aromatic N) is 3. The largest absolute Gasteiger partial charge is 0.444 e. The molecule has 1 fully saturated rings. The molecule has 1 aliphatic carbocycles. The highest BCUT2D eigenvalue weighted by Gasteiger charge is 2.32. The molecule has 1 aliphatic rings. The first-order valence-electron chi connectivity index (χ1n) is 10.4. The Bertz CT molecular complexity index is 1030. The topological polar surface area (TPSA) is 97.0 Å². The molecule has 3 rings (SSSR count). The third kappa shape index (κ3) is 6.08. The highest BCUT2D eigenvalue weighted by atomic mass is 35.5. The van der Waals surface area contributed by atoms with Crippen LogP contribution in [0.3, 0.4) is 0 Å². The van der Waals surface area contributed by atoms with Crippen LogP contribution in [0.25, 0.3) is 0 Å². The lowest BCUT2D eigenvalue weighted by Crippen LogP contribution is -2.39. The third-order valence-corrected chi connectivity index (χ3v) is 5.61. The van der Waals surface area contributed by atoms with Gasteiger partial charge in [-0.1, -0.05) is 23.7 Å². The Morgan fingerprint density at radius 3 is 2.58 bits per heavy atom. The smallest absolute Gasteiger partial charge is 0.408 e. The van der Waals surface area contributed by atoms with Crippen molar-refractivity contribution in [2.75, 3.05) is 0 Å². The van der Waals surface area contributed by atoms with Gasteiger partial charge < -0.3 is 10.1 Å². The van der Waals surface area contributed by atoms with Gasteiger partial charge >= 0.3 is 6.09 Å². The van der Waals surface area contributed by atoms with Crippen LogP contribution in [-0.4, -0.2) is 21.5 Å². The molecule has 0 saturated heterocycles. The van der Waals surface area contributed by atoms with Crippen LogP contribution in [-0.2, 0) is 4.74 Å².